The summed E-state index contributed by atoms with van der Waals surface area (Å²) >= 11 is 0. The van der Waals surface area contributed by atoms with Gasteiger partial charge in [-0.25, -0.2) is 0 Å². The largest absolute Gasteiger partial charge is 1.00 e. The van der Waals surface area contributed by atoms with Crippen LogP contribution in [0.3, 0.4) is 0 Å². The molecule has 4 atom stereocenters. The third kappa shape index (κ3) is 6.43. The van der Waals surface area contributed by atoms with Crippen LogP contribution in [0, 0.1) is 0 Å². The predicted molar refractivity (Wildman–Crippen MR) is 45.7 cm³/mol. The molecule has 0 amide bonds. The fraction of sp³-hybridized carbons (Fsp3) is 0.750. The smallest absolute Gasteiger partial charge is 0.550 e. The van der Waals surface area contributed by atoms with Crippen molar-refractivity contribution in [3.8, 4) is 0 Å². The molecule has 0 aromatic heterocycles. The molecule has 0 saturated carbocycles. The first-order chi connectivity index (χ1) is 7.31. The van der Waals surface area contributed by atoms with Crippen molar-refractivity contribution < 1.29 is 69.8 Å². The van der Waals surface area contributed by atoms with Gasteiger partial charge in [0.1, 0.15) is 24.4 Å². The molecule has 0 aliphatic heterocycles. The van der Waals surface area contributed by atoms with Crippen LogP contribution >= 0.6 is 0 Å². The number of rotatable bonds is 7. The van der Waals surface area contributed by atoms with Crippen LogP contribution in [-0.2, 0) is 9.59 Å². The molecule has 0 heterocycles. The summed E-state index contributed by atoms with van der Waals surface area (Å²) in [5, 5.41) is 54.7. The normalized spacial score (nSPS) is 17.5. The number of aliphatic hydroxyl groups excluding tert-OH is 5. The molecule has 0 unspecified atom stereocenters. The van der Waals surface area contributed by atoms with E-state index < -0.39 is 49.2 Å². The maximum Gasteiger partial charge on any atom is 1.00 e. The van der Waals surface area contributed by atoms with Crippen molar-refractivity contribution >= 4 is 11.8 Å². The average molecular weight is 260 g/mol. The Morgan fingerprint density at radius 1 is 1.06 bits per heavy atom. The topological polar surface area (TPSA) is 158 Å². The van der Waals surface area contributed by atoms with E-state index in [1.807, 2.05) is 0 Å². The SMILES string of the molecule is O=C([O-])CC(=O)[C@H](O)[C@@H](O)[C@H](O)[C@H](O)CO.[Na+]. The number of carboxylic acid groups (broad SMARTS) is 1. The van der Waals surface area contributed by atoms with Gasteiger partial charge in [0.25, 0.3) is 0 Å². The summed E-state index contributed by atoms with van der Waals surface area (Å²) in [5.74, 6) is -3.01. The number of aliphatic hydroxyl groups is 5. The average Bonchev–Trinajstić information content (AvgIpc) is 2.23. The first-order valence-corrected chi connectivity index (χ1v) is 4.37. The standard InChI is InChI=1S/C8H14O8.Na/c9-2-4(11)7(15)8(16)6(14)3(10)1-5(12)13;/h4,6-9,11,14-16H,1-2H2,(H,12,13);/q;+1/p-1/t4-,6+,7-,8-;/m1./s1. The Hall–Kier alpha value is -0.0600. The molecule has 0 radical (unpaired) electrons. The van der Waals surface area contributed by atoms with E-state index in [1.165, 1.54) is 0 Å². The van der Waals surface area contributed by atoms with Crippen LogP contribution < -0.4 is 34.7 Å². The van der Waals surface area contributed by atoms with Crippen LogP contribution in [0.4, 0.5) is 0 Å². The minimum Gasteiger partial charge on any atom is -0.550 e. The fourth-order valence-corrected chi connectivity index (χ4v) is 0.960. The van der Waals surface area contributed by atoms with Crippen molar-refractivity contribution in [2.45, 2.75) is 30.8 Å². The molecular weight excluding hydrogens is 247 g/mol. The summed E-state index contributed by atoms with van der Waals surface area (Å²) in [6, 6.07) is 0. The number of hydrogen-bond donors (Lipinski definition) is 5. The maximum atomic E-state index is 10.9. The van der Waals surface area contributed by atoms with Crippen LogP contribution in [0.15, 0.2) is 0 Å². The van der Waals surface area contributed by atoms with E-state index in [9.17, 15) is 14.7 Å². The number of carboxylic acids is 1. The minimum atomic E-state index is -2.17. The third-order valence-corrected chi connectivity index (χ3v) is 1.90. The number of carbonyl (C=O) groups is 2. The molecule has 0 fully saturated rings. The van der Waals surface area contributed by atoms with Gasteiger partial charge in [0.2, 0.25) is 0 Å². The van der Waals surface area contributed by atoms with Crippen LogP contribution in [0.5, 0.6) is 0 Å². The molecule has 0 bridgehead atoms. The van der Waals surface area contributed by atoms with Crippen molar-refractivity contribution in [1.82, 2.24) is 0 Å². The Morgan fingerprint density at radius 3 is 1.88 bits per heavy atom. The fourth-order valence-electron chi connectivity index (χ4n) is 0.960. The Kier molecular flexibility index (Phi) is 10.2. The summed E-state index contributed by atoms with van der Waals surface area (Å²) in [4.78, 5) is 20.9. The van der Waals surface area contributed by atoms with Gasteiger partial charge in [0, 0.05) is 12.4 Å². The number of Topliss-reactive ketones (excluding diaryl/α,β-unsaturated/α-hetero) is 1. The Bertz CT molecular complexity index is 258. The minimum absolute atomic E-state index is 0. The van der Waals surface area contributed by atoms with E-state index in [-0.39, 0.29) is 29.6 Å². The van der Waals surface area contributed by atoms with Gasteiger partial charge in [0.05, 0.1) is 6.61 Å². The molecule has 9 heteroatoms. The van der Waals surface area contributed by atoms with Crippen LogP contribution in [0.1, 0.15) is 6.42 Å². The molecule has 0 aliphatic carbocycles. The molecule has 0 aromatic rings. The summed E-state index contributed by atoms with van der Waals surface area (Å²) in [6.07, 6.45) is -9.10. The van der Waals surface area contributed by atoms with E-state index in [1.54, 1.807) is 0 Å². The van der Waals surface area contributed by atoms with Gasteiger partial charge in [-0.15, -0.1) is 0 Å². The van der Waals surface area contributed by atoms with Gasteiger partial charge < -0.3 is 35.4 Å². The molecular formula is C8H13NaO8. The van der Waals surface area contributed by atoms with Gasteiger partial charge in [-0.05, 0) is 0 Å². The van der Waals surface area contributed by atoms with E-state index in [0.717, 1.165) is 0 Å². The second-order valence-electron chi connectivity index (χ2n) is 3.19. The van der Waals surface area contributed by atoms with Gasteiger partial charge in [-0.3, -0.25) is 4.79 Å². The second-order valence-corrected chi connectivity index (χ2v) is 3.19. The van der Waals surface area contributed by atoms with Crippen molar-refractivity contribution in [2.24, 2.45) is 0 Å². The van der Waals surface area contributed by atoms with Gasteiger partial charge in [-0.1, -0.05) is 0 Å². The van der Waals surface area contributed by atoms with Crippen molar-refractivity contribution in [3.05, 3.63) is 0 Å². The molecule has 5 N–H and O–H groups in total. The number of aliphatic carboxylic acids is 1. The van der Waals surface area contributed by atoms with E-state index in [2.05, 4.69) is 0 Å². The summed E-state index contributed by atoms with van der Waals surface area (Å²) in [5.41, 5.74) is 0. The molecule has 8 nitrogen and oxygen atoms in total. The first kappa shape index (κ1) is 19.3. The van der Waals surface area contributed by atoms with Gasteiger partial charge in [0.15, 0.2) is 5.78 Å². The van der Waals surface area contributed by atoms with Gasteiger partial charge >= 0.3 is 29.6 Å². The zero-order valence-electron chi connectivity index (χ0n) is 9.18. The number of carbonyl (C=O) groups excluding carboxylic acids is 2. The molecule has 0 aromatic carbocycles. The van der Waals surface area contributed by atoms with Crippen LogP contribution in [0.25, 0.3) is 0 Å². The van der Waals surface area contributed by atoms with E-state index >= 15 is 0 Å². The first-order valence-electron chi connectivity index (χ1n) is 4.37. The Balaban J connectivity index is 0. The molecule has 94 valence electrons. The molecule has 0 saturated heterocycles. The predicted octanol–water partition coefficient (Wildman–Crippen LogP) is -7.86. The number of hydrogen-bond acceptors (Lipinski definition) is 8. The monoisotopic (exact) mass is 260 g/mol. The molecule has 0 rings (SSSR count). The zero-order chi connectivity index (χ0) is 12.9. The molecule has 17 heavy (non-hydrogen) atoms. The van der Waals surface area contributed by atoms with Crippen molar-refractivity contribution in [3.63, 3.8) is 0 Å². The maximum absolute atomic E-state index is 10.9. The Morgan fingerprint density at radius 2 is 1.53 bits per heavy atom. The van der Waals surface area contributed by atoms with E-state index in [0.29, 0.717) is 0 Å². The second kappa shape index (κ2) is 8.95. The summed E-state index contributed by atoms with van der Waals surface area (Å²) in [7, 11) is 0. The van der Waals surface area contributed by atoms with Crippen molar-refractivity contribution in [1.29, 1.82) is 0 Å². The molecule has 0 spiro atoms. The quantitative estimate of drug-likeness (QED) is 0.223. The van der Waals surface area contributed by atoms with Crippen molar-refractivity contribution in [2.75, 3.05) is 6.61 Å². The zero-order valence-corrected chi connectivity index (χ0v) is 11.2. The Labute approximate surface area is 119 Å². The van der Waals surface area contributed by atoms with E-state index in [4.69, 9.17) is 25.5 Å². The molecule has 0 aliphatic rings. The van der Waals surface area contributed by atoms with Crippen LogP contribution in [-0.4, -0.2) is 68.3 Å². The summed E-state index contributed by atoms with van der Waals surface area (Å²) < 4.78 is 0. The van der Waals surface area contributed by atoms with Gasteiger partial charge in [-0.2, -0.15) is 0 Å². The number of ketones is 1. The summed E-state index contributed by atoms with van der Waals surface area (Å²) in [6.45, 7) is -0.889. The third-order valence-electron chi connectivity index (χ3n) is 1.90. The van der Waals surface area contributed by atoms with Crippen LogP contribution in [0.2, 0.25) is 0 Å².